The molecular weight excluding hydrogens is 206 g/mol. The van der Waals surface area contributed by atoms with Gasteiger partial charge in [-0.05, 0) is 6.07 Å². The second kappa shape index (κ2) is 2.85. The van der Waals surface area contributed by atoms with Crippen molar-refractivity contribution in [2.24, 2.45) is 0 Å². The van der Waals surface area contributed by atoms with Crippen LogP contribution in [-0.2, 0) is 0 Å². The van der Waals surface area contributed by atoms with Gasteiger partial charge in [-0.3, -0.25) is 0 Å². The highest BCUT2D eigenvalue weighted by molar-refractivity contribution is 7.20. The molecule has 5 nitrogen and oxygen atoms in total. The zero-order chi connectivity index (χ0) is 10.3. The molecule has 0 aromatic carbocycles. The van der Waals surface area contributed by atoms with Crippen molar-refractivity contribution in [3.05, 3.63) is 22.7 Å². The van der Waals surface area contributed by atoms with Crippen LogP contribution in [0.4, 0.5) is 0 Å². The number of fused-ring (bicyclic) bond motifs is 1. The maximum atomic E-state index is 10.7. The van der Waals surface area contributed by atoms with Crippen molar-refractivity contribution < 1.29 is 19.8 Å². The third kappa shape index (κ3) is 1.16. The summed E-state index contributed by atoms with van der Waals surface area (Å²) >= 11 is 1.03. The Morgan fingerprint density at radius 3 is 2.57 bits per heavy atom. The van der Waals surface area contributed by atoms with Gasteiger partial charge in [0.2, 0.25) is 0 Å². The fourth-order valence-corrected chi connectivity index (χ4v) is 2.08. The van der Waals surface area contributed by atoms with Crippen molar-refractivity contribution in [2.75, 3.05) is 0 Å². The lowest BCUT2D eigenvalue weighted by atomic mass is 10.2. The lowest BCUT2D eigenvalue weighted by molar-refractivity contribution is 0.0688. The van der Waals surface area contributed by atoms with Gasteiger partial charge in [0, 0.05) is 11.6 Å². The number of thiophene rings is 1. The topological polar surface area (TPSA) is 90.4 Å². The average molecular weight is 211 g/mol. The maximum absolute atomic E-state index is 10.7. The first-order chi connectivity index (χ1) is 6.59. The quantitative estimate of drug-likeness (QED) is 0.704. The number of carboxylic acids is 2. The molecule has 0 unspecified atom stereocenters. The number of hydrogen-bond donors (Lipinski definition) is 3. The summed E-state index contributed by atoms with van der Waals surface area (Å²) < 4.78 is 0. The Labute approximate surface area is 81.6 Å². The standard InChI is InChI=1S/C8H5NO4S/c10-7(11)4-2-9-6-3(4)1-5(14-6)8(12)13/h1-2,9H,(H,10,11)(H,12,13). The Morgan fingerprint density at radius 1 is 1.29 bits per heavy atom. The van der Waals surface area contributed by atoms with E-state index in [4.69, 9.17) is 10.2 Å². The molecule has 0 radical (unpaired) electrons. The Bertz CT molecular complexity index is 524. The minimum Gasteiger partial charge on any atom is -0.478 e. The number of aromatic amines is 1. The molecule has 0 fully saturated rings. The summed E-state index contributed by atoms with van der Waals surface area (Å²) in [4.78, 5) is 24.7. The smallest absolute Gasteiger partial charge is 0.345 e. The molecule has 0 aliphatic heterocycles. The van der Waals surface area contributed by atoms with Gasteiger partial charge in [-0.25, -0.2) is 9.59 Å². The van der Waals surface area contributed by atoms with Gasteiger partial charge in [-0.2, -0.15) is 0 Å². The minimum atomic E-state index is -1.06. The average Bonchev–Trinajstić information content (AvgIpc) is 2.58. The lowest BCUT2D eigenvalue weighted by Crippen LogP contribution is -1.94. The maximum Gasteiger partial charge on any atom is 0.345 e. The van der Waals surface area contributed by atoms with Crippen LogP contribution in [0.5, 0.6) is 0 Å². The molecule has 14 heavy (non-hydrogen) atoms. The van der Waals surface area contributed by atoms with E-state index >= 15 is 0 Å². The summed E-state index contributed by atoms with van der Waals surface area (Å²) in [7, 11) is 0. The van der Waals surface area contributed by atoms with Gasteiger partial charge < -0.3 is 15.2 Å². The molecule has 0 atom stereocenters. The summed E-state index contributed by atoms with van der Waals surface area (Å²) in [5.74, 6) is -2.11. The molecule has 0 aliphatic carbocycles. The van der Waals surface area contributed by atoms with Gasteiger partial charge in [0.25, 0.3) is 0 Å². The van der Waals surface area contributed by atoms with Crippen LogP contribution in [0.25, 0.3) is 10.2 Å². The van der Waals surface area contributed by atoms with Crippen LogP contribution < -0.4 is 0 Å². The summed E-state index contributed by atoms with van der Waals surface area (Å²) in [6.45, 7) is 0. The normalized spacial score (nSPS) is 10.6. The van der Waals surface area contributed by atoms with Crippen LogP contribution in [0, 0.1) is 0 Å². The first-order valence-corrected chi connectivity index (χ1v) is 4.48. The zero-order valence-corrected chi connectivity index (χ0v) is 7.59. The highest BCUT2D eigenvalue weighted by atomic mass is 32.1. The number of rotatable bonds is 2. The van der Waals surface area contributed by atoms with E-state index in [9.17, 15) is 9.59 Å². The number of aromatic nitrogens is 1. The van der Waals surface area contributed by atoms with E-state index < -0.39 is 11.9 Å². The first kappa shape index (κ1) is 8.76. The molecule has 0 aliphatic rings. The third-order valence-electron chi connectivity index (χ3n) is 1.81. The fraction of sp³-hybridized carbons (Fsp3) is 0. The Hall–Kier alpha value is -1.82. The molecule has 0 spiro atoms. The van der Waals surface area contributed by atoms with Gasteiger partial charge >= 0.3 is 11.9 Å². The number of carboxylic acid groups (broad SMARTS) is 2. The van der Waals surface area contributed by atoms with Crippen molar-refractivity contribution in [3.8, 4) is 0 Å². The molecule has 2 heterocycles. The van der Waals surface area contributed by atoms with Gasteiger partial charge in [-0.1, -0.05) is 0 Å². The van der Waals surface area contributed by atoms with E-state index in [0.717, 1.165) is 11.3 Å². The van der Waals surface area contributed by atoms with Crippen molar-refractivity contribution in [2.45, 2.75) is 0 Å². The predicted octanol–water partition coefficient (Wildman–Crippen LogP) is 1.63. The number of nitrogens with one attached hydrogen (secondary N) is 1. The van der Waals surface area contributed by atoms with Crippen molar-refractivity contribution in [1.82, 2.24) is 4.98 Å². The predicted molar refractivity (Wildman–Crippen MR) is 50.1 cm³/mol. The van der Waals surface area contributed by atoms with E-state index in [1.54, 1.807) is 0 Å². The number of H-pyrrole nitrogens is 1. The Morgan fingerprint density at radius 2 is 2.00 bits per heavy atom. The lowest BCUT2D eigenvalue weighted by Gasteiger charge is -1.85. The van der Waals surface area contributed by atoms with Crippen LogP contribution in [0.15, 0.2) is 12.3 Å². The van der Waals surface area contributed by atoms with E-state index in [-0.39, 0.29) is 10.4 Å². The number of carbonyl (C=O) groups is 2. The molecule has 2 rings (SSSR count). The van der Waals surface area contributed by atoms with Crippen LogP contribution in [-0.4, -0.2) is 27.1 Å². The molecule has 2 aromatic rings. The zero-order valence-electron chi connectivity index (χ0n) is 6.77. The van der Waals surface area contributed by atoms with Crippen molar-refractivity contribution in [1.29, 1.82) is 0 Å². The van der Waals surface area contributed by atoms with Gasteiger partial charge in [0.15, 0.2) is 0 Å². The monoisotopic (exact) mass is 211 g/mol. The highest BCUT2D eigenvalue weighted by Gasteiger charge is 2.15. The molecule has 3 N–H and O–H groups in total. The van der Waals surface area contributed by atoms with Crippen LogP contribution in [0.2, 0.25) is 0 Å². The van der Waals surface area contributed by atoms with Crippen molar-refractivity contribution in [3.63, 3.8) is 0 Å². The summed E-state index contributed by atoms with van der Waals surface area (Å²) in [6, 6.07) is 1.36. The van der Waals surface area contributed by atoms with E-state index in [2.05, 4.69) is 4.98 Å². The summed E-state index contributed by atoms with van der Waals surface area (Å²) in [5.41, 5.74) is 0.101. The van der Waals surface area contributed by atoms with Gasteiger partial charge in [0.1, 0.15) is 9.71 Å². The molecule has 2 aromatic heterocycles. The Kier molecular flexibility index (Phi) is 1.78. The largest absolute Gasteiger partial charge is 0.478 e. The summed E-state index contributed by atoms with van der Waals surface area (Å²) in [5, 5.41) is 17.9. The first-order valence-electron chi connectivity index (χ1n) is 3.67. The van der Waals surface area contributed by atoms with Crippen molar-refractivity contribution >= 4 is 33.5 Å². The van der Waals surface area contributed by atoms with E-state index in [0.29, 0.717) is 10.2 Å². The summed E-state index contributed by atoms with van der Waals surface area (Å²) in [6.07, 6.45) is 1.36. The molecule has 0 saturated carbocycles. The van der Waals surface area contributed by atoms with Crippen LogP contribution in [0.1, 0.15) is 20.0 Å². The highest BCUT2D eigenvalue weighted by Crippen LogP contribution is 2.27. The molecular formula is C8H5NO4S. The SMILES string of the molecule is O=C(O)c1cc2c(C(=O)O)c[nH]c2s1. The number of hydrogen-bond acceptors (Lipinski definition) is 3. The van der Waals surface area contributed by atoms with E-state index in [1.807, 2.05) is 0 Å². The Balaban J connectivity index is 2.67. The number of aromatic carboxylic acids is 2. The molecule has 0 amide bonds. The van der Waals surface area contributed by atoms with Gasteiger partial charge in [-0.15, -0.1) is 11.3 Å². The second-order valence-electron chi connectivity index (χ2n) is 2.67. The molecule has 72 valence electrons. The molecule has 6 heteroatoms. The van der Waals surface area contributed by atoms with Gasteiger partial charge in [0.05, 0.1) is 5.56 Å². The second-order valence-corrected chi connectivity index (χ2v) is 3.72. The molecule has 0 bridgehead atoms. The third-order valence-corrected chi connectivity index (χ3v) is 2.87. The minimum absolute atomic E-state index is 0.101. The molecule has 0 saturated heterocycles. The van der Waals surface area contributed by atoms with E-state index in [1.165, 1.54) is 12.3 Å². The van der Waals surface area contributed by atoms with Crippen LogP contribution >= 0.6 is 11.3 Å². The fourth-order valence-electron chi connectivity index (χ4n) is 1.20. The van der Waals surface area contributed by atoms with Crippen LogP contribution in [0.3, 0.4) is 0 Å².